The molecule has 0 aliphatic carbocycles. The van der Waals surface area contributed by atoms with Gasteiger partial charge in [0.15, 0.2) is 0 Å². The van der Waals surface area contributed by atoms with Gasteiger partial charge in [-0.2, -0.15) is 0 Å². The van der Waals surface area contributed by atoms with Crippen LogP contribution in [0.2, 0.25) is 0 Å². The molecule has 28 heavy (non-hydrogen) atoms. The standard InChI is InChI=1S/C12H8F5N3O6S2/c13-28(14,15,16,17)18-27(25-11-5-1-9(2-6-11)19(21)22)26-12-7-3-10(4-8-12)20(23)24/h1-8H. The number of benzene rings is 2. The molecule has 0 amide bonds. The Kier molecular flexibility index (Phi) is 4.98. The zero-order valence-corrected chi connectivity index (χ0v) is 14.7. The minimum Gasteiger partial charge on any atom is -0.386 e. The lowest BCUT2D eigenvalue weighted by Gasteiger charge is -2.34. The first-order valence-corrected chi connectivity index (χ1v) is 9.64. The molecule has 9 nitrogen and oxygen atoms in total. The summed E-state index contributed by atoms with van der Waals surface area (Å²) in [4.78, 5) is 19.5. The van der Waals surface area contributed by atoms with Gasteiger partial charge in [-0.3, -0.25) is 20.2 Å². The van der Waals surface area contributed by atoms with E-state index >= 15 is 0 Å². The smallest absolute Gasteiger partial charge is 0.386 e. The third kappa shape index (κ3) is 6.95. The molecule has 0 aromatic heterocycles. The summed E-state index contributed by atoms with van der Waals surface area (Å²) in [6.45, 7) is 0. The lowest BCUT2D eigenvalue weighted by atomic mass is 10.3. The number of hydrogen-bond acceptors (Lipinski definition) is 7. The van der Waals surface area contributed by atoms with Crippen molar-refractivity contribution in [2.45, 2.75) is 0 Å². The van der Waals surface area contributed by atoms with E-state index in [2.05, 4.69) is 8.37 Å². The number of nitrogens with zero attached hydrogens (tertiary/aromatic N) is 3. The molecule has 0 aliphatic heterocycles. The van der Waals surface area contributed by atoms with E-state index in [1.807, 2.05) is 0 Å². The Bertz CT molecular complexity index is 890. The molecule has 16 heteroatoms. The summed E-state index contributed by atoms with van der Waals surface area (Å²) in [6.07, 6.45) is 0. The van der Waals surface area contributed by atoms with Crippen LogP contribution in [0.1, 0.15) is 0 Å². The third-order valence-electron chi connectivity index (χ3n) is 2.63. The molecule has 0 N–H and O–H groups in total. The monoisotopic (exact) mass is 449 g/mol. The second-order valence-electron chi connectivity index (χ2n) is 4.89. The summed E-state index contributed by atoms with van der Waals surface area (Å²) >= 11 is -3.25. The van der Waals surface area contributed by atoms with Gasteiger partial charge in [-0.25, -0.2) is 0 Å². The van der Waals surface area contributed by atoms with Gasteiger partial charge in [0.05, 0.1) is 9.85 Å². The van der Waals surface area contributed by atoms with Crippen LogP contribution in [-0.2, 0) is 11.3 Å². The summed E-state index contributed by atoms with van der Waals surface area (Å²) < 4.78 is 74.3. The molecule has 0 saturated carbocycles. The van der Waals surface area contributed by atoms with Crippen molar-refractivity contribution < 1.29 is 37.6 Å². The van der Waals surface area contributed by atoms with Gasteiger partial charge in [0, 0.05) is 24.3 Å². The average molecular weight is 449 g/mol. The zero-order chi connectivity index (χ0) is 21.2. The first-order valence-electron chi connectivity index (χ1n) is 6.70. The lowest BCUT2D eigenvalue weighted by Crippen LogP contribution is -2.13. The van der Waals surface area contributed by atoms with Crippen LogP contribution in [0.5, 0.6) is 11.5 Å². The van der Waals surface area contributed by atoms with Gasteiger partial charge in [-0.05, 0) is 28.0 Å². The minimum absolute atomic E-state index is 0.423. The number of rotatable bonds is 7. The predicted octanol–water partition coefficient (Wildman–Crippen LogP) is 5.81. The van der Waals surface area contributed by atoms with Gasteiger partial charge >= 0.3 is 21.7 Å². The largest absolute Gasteiger partial charge is 0.392 e. The maximum atomic E-state index is 12.7. The first-order chi connectivity index (χ1) is 12.6. The van der Waals surface area contributed by atoms with Gasteiger partial charge in [-0.1, -0.05) is 19.4 Å². The fraction of sp³-hybridized carbons (Fsp3) is 0. The third-order valence-corrected chi connectivity index (χ3v) is 4.92. The van der Waals surface area contributed by atoms with Gasteiger partial charge < -0.3 is 8.37 Å². The van der Waals surface area contributed by atoms with Gasteiger partial charge in [0.25, 0.3) is 11.4 Å². The van der Waals surface area contributed by atoms with Crippen LogP contribution in [0.25, 0.3) is 0 Å². The highest BCUT2D eigenvalue weighted by atomic mass is 32.5. The first kappa shape index (κ1) is 21.3. The van der Waals surface area contributed by atoms with Crippen LogP contribution in [0.15, 0.2) is 52.3 Å². The molecule has 2 rings (SSSR count). The van der Waals surface area contributed by atoms with Crippen molar-refractivity contribution in [2.75, 3.05) is 0 Å². The summed E-state index contributed by atoms with van der Waals surface area (Å²) in [5, 5.41) is 21.1. The highest BCUT2D eigenvalue weighted by Crippen LogP contribution is 2.99. The Labute approximate surface area is 155 Å². The number of halogens is 5. The number of nitro groups is 2. The Morgan fingerprint density at radius 2 is 1.07 bits per heavy atom. The Morgan fingerprint density at radius 3 is 1.32 bits per heavy atom. The number of hydrogen-bond donors (Lipinski definition) is 0. The van der Waals surface area contributed by atoms with Crippen molar-refractivity contribution in [3.63, 3.8) is 0 Å². The molecule has 0 radical (unpaired) electrons. The van der Waals surface area contributed by atoms with Crippen molar-refractivity contribution in [1.82, 2.24) is 0 Å². The molecule has 0 spiro atoms. The van der Waals surface area contributed by atoms with Gasteiger partial charge in [-0.15, -0.1) is 0 Å². The molecule has 0 aliphatic rings. The minimum atomic E-state index is -10.3. The fourth-order valence-corrected chi connectivity index (χ4v) is 3.32. The van der Waals surface area contributed by atoms with E-state index in [9.17, 15) is 39.7 Å². The maximum Gasteiger partial charge on any atom is 0.392 e. The van der Waals surface area contributed by atoms with Crippen molar-refractivity contribution in [3.05, 3.63) is 68.8 Å². The van der Waals surface area contributed by atoms with E-state index in [1.165, 1.54) is 3.77 Å². The molecular formula is C12H8F5N3O6S2. The van der Waals surface area contributed by atoms with Crippen LogP contribution in [0.3, 0.4) is 0 Å². The highest BCUT2D eigenvalue weighted by Gasteiger charge is 2.65. The maximum absolute atomic E-state index is 12.7. The summed E-state index contributed by atoms with van der Waals surface area (Å²) in [5.41, 5.74) is -0.846. The molecule has 0 unspecified atom stereocenters. The molecule has 0 atom stereocenters. The van der Waals surface area contributed by atoms with Crippen molar-refractivity contribution in [3.8, 4) is 11.5 Å². The molecule has 2 aromatic rings. The van der Waals surface area contributed by atoms with E-state index in [-0.39, 0.29) is 0 Å². The SMILES string of the molecule is O=[N+]([O-])c1ccc(OS(=NS(F)(F)(F)(F)F)Oc2ccc([N+](=O)[O-])cc2)cc1. The second-order valence-corrected chi connectivity index (χ2v) is 8.11. The van der Waals surface area contributed by atoms with Crippen molar-refractivity contribution in [1.29, 1.82) is 0 Å². The lowest BCUT2D eigenvalue weighted by molar-refractivity contribution is -0.385. The molecule has 2 aromatic carbocycles. The van der Waals surface area contributed by atoms with Gasteiger partial charge in [0.1, 0.15) is 11.5 Å². The molecule has 0 bridgehead atoms. The van der Waals surface area contributed by atoms with Crippen LogP contribution < -0.4 is 8.37 Å². The Balaban J connectivity index is 2.36. The van der Waals surface area contributed by atoms with E-state index in [4.69, 9.17) is 0 Å². The van der Waals surface area contributed by atoms with E-state index < -0.39 is 54.4 Å². The summed E-state index contributed by atoms with van der Waals surface area (Å²) in [5.74, 6) is -0.942. The van der Waals surface area contributed by atoms with E-state index in [0.717, 1.165) is 48.5 Å². The molecular weight excluding hydrogens is 441 g/mol. The number of nitro benzene ring substituents is 2. The number of non-ortho nitro benzene ring substituents is 2. The zero-order valence-electron chi connectivity index (χ0n) is 13.1. The van der Waals surface area contributed by atoms with E-state index in [0.29, 0.717) is 0 Å². The van der Waals surface area contributed by atoms with Crippen molar-refractivity contribution in [2.24, 2.45) is 3.77 Å². The molecule has 0 saturated heterocycles. The summed E-state index contributed by atoms with van der Waals surface area (Å²) in [6, 6.07) is 6.89. The second kappa shape index (κ2) is 6.55. The predicted molar refractivity (Wildman–Crippen MR) is 90.4 cm³/mol. The highest BCUT2D eigenvalue weighted by molar-refractivity contribution is 8.46. The molecule has 0 fully saturated rings. The van der Waals surface area contributed by atoms with E-state index in [1.54, 1.807) is 0 Å². The molecule has 0 heterocycles. The Morgan fingerprint density at radius 1 is 0.750 bits per heavy atom. The van der Waals surface area contributed by atoms with Crippen molar-refractivity contribution >= 4 is 33.0 Å². The topological polar surface area (TPSA) is 117 Å². The van der Waals surface area contributed by atoms with Crippen LogP contribution >= 0.6 is 10.4 Å². The quantitative estimate of drug-likeness (QED) is 0.299. The summed E-state index contributed by atoms with van der Waals surface area (Å²) in [7, 11) is -10.3. The van der Waals surface area contributed by atoms with Gasteiger partial charge in [0.2, 0.25) is 0 Å². The Hall–Kier alpha value is -3.01. The van der Waals surface area contributed by atoms with Crippen LogP contribution in [0.4, 0.5) is 30.8 Å². The molecule has 154 valence electrons. The van der Waals surface area contributed by atoms with Crippen LogP contribution in [-0.4, -0.2) is 9.85 Å². The normalized spacial score (nSPS) is 13.9. The van der Waals surface area contributed by atoms with Crippen LogP contribution in [0, 0.1) is 20.2 Å². The average Bonchev–Trinajstić information content (AvgIpc) is 2.53. The fourth-order valence-electron chi connectivity index (χ4n) is 1.57.